The van der Waals surface area contributed by atoms with Crippen LogP contribution in [0.3, 0.4) is 0 Å². The van der Waals surface area contributed by atoms with Gasteiger partial charge in [0.2, 0.25) is 15.9 Å². The minimum Gasteiger partial charge on any atom is -0.452 e. The first-order chi connectivity index (χ1) is 21.1. The van der Waals surface area contributed by atoms with E-state index in [0.29, 0.717) is 18.4 Å². The number of aliphatic hydroxyl groups is 2. The molecule has 2 amide bonds. The molecule has 11 heteroatoms. The summed E-state index contributed by atoms with van der Waals surface area (Å²) in [6, 6.07) is 22.3. The third-order valence-electron chi connectivity index (χ3n) is 7.81. The van der Waals surface area contributed by atoms with Crippen molar-refractivity contribution < 1.29 is 33.0 Å². The molecule has 0 aromatic heterocycles. The number of likely N-dealkylation sites (N-methyl/N-ethyl adjacent to an activating group) is 1. The van der Waals surface area contributed by atoms with Gasteiger partial charge in [0.1, 0.15) is 0 Å². The van der Waals surface area contributed by atoms with Crippen molar-refractivity contribution in [3.63, 3.8) is 0 Å². The van der Waals surface area contributed by atoms with Gasteiger partial charge in [-0.2, -0.15) is 4.31 Å². The predicted octanol–water partition coefficient (Wildman–Crippen LogP) is 3.86. The highest BCUT2D eigenvalue weighted by molar-refractivity contribution is 7.89. The summed E-state index contributed by atoms with van der Waals surface area (Å²) in [5.41, 5.74) is 8.86. The Morgan fingerprint density at radius 1 is 0.886 bits per heavy atom. The SMILES string of the molecule is CCN([C@H](CO)CCC[C@H](C)N(C(=O)OC)C(=O)[C@@H](N)C(c1ccccc1)c1ccccc1)S(=O)(=O)c1ccc(CO)cc1. The van der Waals surface area contributed by atoms with Crippen molar-refractivity contribution in [3.05, 3.63) is 102 Å². The lowest BCUT2D eigenvalue weighted by atomic mass is 9.84. The topological polar surface area (TPSA) is 150 Å². The Morgan fingerprint density at radius 3 is 1.89 bits per heavy atom. The highest BCUT2D eigenvalue weighted by atomic mass is 32.2. The number of carbonyl (C=O) groups excluding carboxylic acids is 2. The molecule has 238 valence electrons. The third kappa shape index (κ3) is 8.30. The zero-order chi connectivity index (χ0) is 32.3. The number of sulfonamides is 1. The van der Waals surface area contributed by atoms with Crippen LogP contribution in [0.1, 0.15) is 55.7 Å². The van der Waals surface area contributed by atoms with Crippen molar-refractivity contribution in [1.29, 1.82) is 0 Å². The first-order valence-electron chi connectivity index (χ1n) is 14.7. The predicted molar refractivity (Wildman–Crippen MR) is 168 cm³/mol. The second-order valence-corrected chi connectivity index (χ2v) is 12.5. The van der Waals surface area contributed by atoms with Crippen molar-refractivity contribution >= 4 is 22.0 Å². The molecule has 0 radical (unpaired) electrons. The van der Waals surface area contributed by atoms with Gasteiger partial charge in [0.05, 0.1) is 31.3 Å². The third-order valence-corrected chi connectivity index (χ3v) is 9.85. The summed E-state index contributed by atoms with van der Waals surface area (Å²) >= 11 is 0. The summed E-state index contributed by atoms with van der Waals surface area (Å²) in [6.45, 7) is 2.93. The van der Waals surface area contributed by atoms with Crippen LogP contribution < -0.4 is 5.73 Å². The van der Waals surface area contributed by atoms with Crippen molar-refractivity contribution in [1.82, 2.24) is 9.21 Å². The Bertz CT molecular complexity index is 1400. The van der Waals surface area contributed by atoms with E-state index in [0.717, 1.165) is 16.0 Å². The van der Waals surface area contributed by atoms with Crippen molar-refractivity contribution in [2.75, 3.05) is 20.3 Å². The molecule has 4 N–H and O–H groups in total. The first-order valence-corrected chi connectivity index (χ1v) is 16.1. The van der Waals surface area contributed by atoms with E-state index >= 15 is 0 Å². The number of ether oxygens (including phenoxy) is 1. The summed E-state index contributed by atoms with van der Waals surface area (Å²) in [5.74, 6) is -1.11. The Labute approximate surface area is 260 Å². The van der Waals surface area contributed by atoms with E-state index in [9.17, 15) is 28.2 Å². The van der Waals surface area contributed by atoms with Crippen LogP contribution in [0.15, 0.2) is 89.8 Å². The molecule has 0 spiro atoms. The molecular weight excluding hydrogens is 582 g/mol. The number of carbonyl (C=O) groups is 2. The summed E-state index contributed by atoms with van der Waals surface area (Å²) in [4.78, 5) is 27.9. The van der Waals surface area contributed by atoms with E-state index in [-0.39, 0.29) is 24.5 Å². The van der Waals surface area contributed by atoms with Gasteiger partial charge in [-0.3, -0.25) is 4.79 Å². The van der Waals surface area contributed by atoms with Crippen LogP contribution in [0.25, 0.3) is 0 Å². The van der Waals surface area contributed by atoms with Gasteiger partial charge >= 0.3 is 6.09 Å². The van der Waals surface area contributed by atoms with Gasteiger partial charge in [-0.05, 0) is 55.0 Å². The Kier molecular flexibility index (Phi) is 13.0. The van der Waals surface area contributed by atoms with Gasteiger partial charge < -0.3 is 20.7 Å². The van der Waals surface area contributed by atoms with Gasteiger partial charge in [-0.1, -0.05) is 79.7 Å². The van der Waals surface area contributed by atoms with Gasteiger partial charge in [0.15, 0.2) is 0 Å². The van der Waals surface area contributed by atoms with Gasteiger partial charge in [-0.25, -0.2) is 18.1 Å². The number of nitrogens with zero attached hydrogens (tertiary/aromatic N) is 2. The van der Waals surface area contributed by atoms with E-state index in [2.05, 4.69) is 0 Å². The number of benzene rings is 3. The molecule has 3 rings (SSSR count). The van der Waals surface area contributed by atoms with E-state index in [1.807, 2.05) is 60.7 Å². The quantitative estimate of drug-likeness (QED) is 0.230. The Balaban J connectivity index is 1.77. The molecule has 0 fully saturated rings. The maximum atomic E-state index is 13.9. The molecule has 3 aromatic rings. The average Bonchev–Trinajstić information content (AvgIpc) is 3.05. The fourth-order valence-electron chi connectivity index (χ4n) is 5.45. The van der Waals surface area contributed by atoms with Crippen molar-refractivity contribution in [2.24, 2.45) is 5.73 Å². The number of nitrogens with two attached hydrogens (primary N) is 1. The van der Waals surface area contributed by atoms with Gasteiger partial charge in [0, 0.05) is 24.5 Å². The zero-order valence-corrected chi connectivity index (χ0v) is 26.3. The van der Waals surface area contributed by atoms with E-state index < -0.39 is 52.7 Å². The molecule has 0 unspecified atom stereocenters. The molecule has 0 aliphatic heterocycles. The molecule has 10 nitrogen and oxygen atoms in total. The first kappa shape index (κ1) is 34.9. The second-order valence-electron chi connectivity index (χ2n) is 10.6. The number of rotatable bonds is 15. The number of hydrogen-bond acceptors (Lipinski definition) is 8. The monoisotopic (exact) mass is 625 g/mol. The standard InChI is InChI=1S/C33H43N3O7S/c1-4-35(44(41,42)29-20-18-25(22-37)19-21-29)28(23-38)17-11-12-24(2)36(33(40)43-3)32(39)31(34)30(26-13-7-5-8-14-26)27-15-9-6-10-16-27/h5-10,13-16,18-21,24,28,30-31,37-38H,4,11-12,17,22-23,34H2,1-3H3/t24-,28-,31-/m0/s1. The maximum absolute atomic E-state index is 13.9. The molecule has 0 aliphatic carbocycles. The van der Waals surface area contributed by atoms with Crippen LogP contribution in [0.2, 0.25) is 0 Å². The van der Waals surface area contributed by atoms with Crippen LogP contribution in [0, 0.1) is 0 Å². The smallest absolute Gasteiger partial charge is 0.416 e. The molecule has 0 aliphatic rings. The van der Waals surface area contributed by atoms with Crippen molar-refractivity contribution in [3.8, 4) is 0 Å². The Morgan fingerprint density at radius 2 is 1.43 bits per heavy atom. The molecule has 0 saturated carbocycles. The Hall–Kier alpha value is -3.61. The van der Waals surface area contributed by atoms with Crippen molar-refractivity contribution in [2.45, 2.75) is 68.7 Å². The zero-order valence-electron chi connectivity index (χ0n) is 25.5. The molecule has 0 bridgehead atoms. The minimum absolute atomic E-state index is 0.0613. The molecule has 3 aromatic carbocycles. The second kappa shape index (κ2) is 16.5. The summed E-state index contributed by atoms with van der Waals surface area (Å²) in [5, 5.41) is 19.5. The maximum Gasteiger partial charge on any atom is 0.416 e. The fourth-order valence-corrected chi connectivity index (χ4v) is 7.10. The summed E-state index contributed by atoms with van der Waals surface area (Å²) in [7, 11) is -2.72. The summed E-state index contributed by atoms with van der Waals surface area (Å²) in [6.07, 6.45) is 0.183. The number of methoxy groups -OCH3 is 1. The largest absolute Gasteiger partial charge is 0.452 e. The lowest BCUT2D eigenvalue weighted by molar-refractivity contribution is -0.132. The van der Waals surface area contributed by atoms with E-state index in [1.54, 1.807) is 26.0 Å². The highest BCUT2D eigenvalue weighted by Crippen LogP contribution is 2.29. The number of aliphatic hydroxyl groups excluding tert-OH is 2. The molecule has 3 atom stereocenters. The highest BCUT2D eigenvalue weighted by Gasteiger charge is 2.37. The van der Waals surface area contributed by atoms with Crippen LogP contribution in [0.5, 0.6) is 0 Å². The van der Waals surface area contributed by atoms with E-state index in [4.69, 9.17) is 10.5 Å². The van der Waals surface area contributed by atoms with Gasteiger partial charge in [0.25, 0.3) is 0 Å². The minimum atomic E-state index is -3.92. The average molecular weight is 626 g/mol. The van der Waals surface area contributed by atoms with Crippen LogP contribution >= 0.6 is 0 Å². The molecule has 0 saturated heterocycles. The summed E-state index contributed by atoms with van der Waals surface area (Å²) < 4.78 is 33.0. The van der Waals surface area contributed by atoms with Crippen LogP contribution in [-0.2, 0) is 26.2 Å². The molecule has 44 heavy (non-hydrogen) atoms. The van der Waals surface area contributed by atoms with E-state index in [1.165, 1.54) is 23.5 Å². The number of hydrogen-bond donors (Lipinski definition) is 3. The number of amides is 2. The van der Waals surface area contributed by atoms with Gasteiger partial charge in [-0.15, -0.1) is 0 Å². The lowest BCUT2D eigenvalue weighted by Gasteiger charge is -2.33. The van der Waals surface area contributed by atoms with Crippen LogP contribution in [0.4, 0.5) is 4.79 Å². The lowest BCUT2D eigenvalue weighted by Crippen LogP contribution is -2.53. The number of imide groups is 1. The molecule has 0 heterocycles. The normalized spacial score (nSPS) is 13.8. The fraction of sp³-hybridized carbons (Fsp3) is 0.394. The molecular formula is C33H43N3O7S. The van der Waals surface area contributed by atoms with Crippen LogP contribution in [-0.4, -0.2) is 78.2 Å².